The Morgan fingerprint density at radius 3 is 2.59 bits per heavy atom. The summed E-state index contributed by atoms with van der Waals surface area (Å²) in [5.74, 6) is 0.194. The minimum atomic E-state index is -1.15. The van der Waals surface area contributed by atoms with Crippen molar-refractivity contribution in [3.8, 4) is 5.75 Å². The summed E-state index contributed by atoms with van der Waals surface area (Å²) in [6.45, 7) is 0. The molecule has 1 aromatic carbocycles. The molecule has 0 heterocycles. The minimum Gasteiger partial charge on any atom is -0.496 e. The molecule has 0 bridgehead atoms. The lowest BCUT2D eigenvalue weighted by Crippen LogP contribution is -2.32. The van der Waals surface area contributed by atoms with Gasteiger partial charge in [-0.1, -0.05) is 0 Å². The Morgan fingerprint density at radius 2 is 2.00 bits per heavy atom. The molecule has 1 fully saturated rings. The predicted octanol–water partition coefficient (Wildman–Crippen LogP) is 2.17. The first-order valence-electron chi connectivity index (χ1n) is 5.63. The second-order valence-electron chi connectivity index (χ2n) is 4.41. The van der Waals surface area contributed by atoms with E-state index in [0.717, 1.165) is 0 Å². The van der Waals surface area contributed by atoms with Gasteiger partial charge in [-0.15, -0.1) is 0 Å². The number of methoxy groups -OCH3 is 1. The minimum absolute atomic E-state index is 0.144. The maximum atomic E-state index is 13.3. The van der Waals surface area contributed by atoms with Crippen molar-refractivity contribution in [3.05, 3.63) is 29.6 Å². The fourth-order valence-corrected chi connectivity index (χ4v) is 2.26. The maximum Gasteiger partial charge on any atom is 0.133 e. The van der Waals surface area contributed by atoms with E-state index in [2.05, 4.69) is 0 Å². The first kappa shape index (κ1) is 12.0. The largest absolute Gasteiger partial charge is 0.496 e. The van der Waals surface area contributed by atoms with Gasteiger partial charge in [-0.2, -0.15) is 0 Å². The van der Waals surface area contributed by atoms with Gasteiger partial charge in [0.15, 0.2) is 0 Å². The first-order valence-corrected chi connectivity index (χ1v) is 5.63. The number of carbonyl (C=O) groups is 1. The van der Waals surface area contributed by atoms with E-state index >= 15 is 0 Å². The van der Waals surface area contributed by atoms with Gasteiger partial charge in [0, 0.05) is 18.4 Å². The fourth-order valence-electron chi connectivity index (χ4n) is 2.26. The summed E-state index contributed by atoms with van der Waals surface area (Å²) < 4.78 is 18.4. The summed E-state index contributed by atoms with van der Waals surface area (Å²) in [4.78, 5) is 11.2. The molecule has 1 aliphatic carbocycles. The third-order valence-corrected chi connectivity index (χ3v) is 3.30. The van der Waals surface area contributed by atoms with Crippen molar-refractivity contribution in [3.63, 3.8) is 0 Å². The Morgan fingerprint density at radius 1 is 1.35 bits per heavy atom. The highest BCUT2D eigenvalue weighted by atomic mass is 19.1. The van der Waals surface area contributed by atoms with Crippen molar-refractivity contribution in [2.24, 2.45) is 0 Å². The molecule has 0 atom stereocenters. The van der Waals surface area contributed by atoms with Crippen LogP contribution < -0.4 is 4.74 Å². The molecule has 0 aromatic heterocycles. The number of ether oxygens (including phenoxy) is 1. The Bertz CT molecular complexity index is 432. The smallest absolute Gasteiger partial charge is 0.133 e. The Kier molecular flexibility index (Phi) is 3.15. The number of halogens is 1. The van der Waals surface area contributed by atoms with E-state index in [4.69, 9.17) is 4.74 Å². The molecule has 4 heteroatoms. The molecule has 0 saturated heterocycles. The lowest BCUT2D eigenvalue weighted by Gasteiger charge is -2.32. The van der Waals surface area contributed by atoms with Gasteiger partial charge < -0.3 is 9.84 Å². The zero-order chi connectivity index (χ0) is 12.5. The number of carbonyl (C=O) groups excluding carboxylic acids is 1. The number of aliphatic hydroxyl groups is 1. The van der Waals surface area contributed by atoms with Crippen LogP contribution in [0.5, 0.6) is 5.75 Å². The molecular formula is C13H15FO3. The number of Topliss-reactive ketones (excluding diaryl/α,β-unsaturated/α-hetero) is 1. The van der Waals surface area contributed by atoms with Gasteiger partial charge in [-0.3, -0.25) is 4.79 Å². The van der Waals surface area contributed by atoms with E-state index < -0.39 is 11.4 Å². The van der Waals surface area contributed by atoms with Crippen molar-refractivity contribution in [2.45, 2.75) is 31.3 Å². The van der Waals surface area contributed by atoms with Crippen LogP contribution in [0.25, 0.3) is 0 Å². The molecule has 17 heavy (non-hydrogen) atoms. The van der Waals surface area contributed by atoms with Crippen molar-refractivity contribution >= 4 is 5.78 Å². The normalized spacial score (nSPS) is 19.1. The van der Waals surface area contributed by atoms with E-state index in [1.807, 2.05) is 0 Å². The van der Waals surface area contributed by atoms with Crippen molar-refractivity contribution in [1.82, 2.24) is 0 Å². The van der Waals surface area contributed by atoms with Gasteiger partial charge in [-0.25, -0.2) is 4.39 Å². The molecule has 0 spiro atoms. The third-order valence-electron chi connectivity index (χ3n) is 3.30. The number of benzene rings is 1. The monoisotopic (exact) mass is 238 g/mol. The van der Waals surface area contributed by atoms with E-state index in [1.165, 1.54) is 25.3 Å². The third kappa shape index (κ3) is 2.31. The van der Waals surface area contributed by atoms with Crippen molar-refractivity contribution in [1.29, 1.82) is 0 Å². The summed E-state index contributed by atoms with van der Waals surface area (Å²) >= 11 is 0. The van der Waals surface area contributed by atoms with E-state index in [-0.39, 0.29) is 5.78 Å². The zero-order valence-electron chi connectivity index (χ0n) is 9.70. The highest BCUT2D eigenvalue weighted by Crippen LogP contribution is 2.40. The molecule has 0 aliphatic heterocycles. The molecule has 2 rings (SSSR count). The van der Waals surface area contributed by atoms with E-state index in [1.54, 1.807) is 0 Å². The van der Waals surface area contributed by atoms with Crippen molar-refractivity contribution in [2.75, 3.05) is 7.11 Å². The van der Waals surface area contributed by atoms with E-state index in [9.17, 15) is 14.3 Å². The molecule has 0 amide bonds. The van der Waals surface area contributed by atoms with Crippen LogP contribution in [0.1, 0.15) is 31.2 Å². The molecule has 1 N–H and O–H groups in total. The van der Waals surface area contributed by atoms with Crippen LogP contribution in [0.2, 0.25) is 0 Å². The summed E-state index contributed by atoms with van der Waals surface area (Å²) in [5, 5.41) is 10.5. The van der Waals surface area contributed by atoms with Crippen LogP contribution in [0.4, 0.5) is 4.39 Å². The van der Waals surface area contributed by atoms with E-state index in [0.29, 0.717) is 37.0 Å². The molecule has 1 saturated carbocycles. The maximum absolute atomic E-state index is 13.3. The lowest BCUT2D eigenvalue weighted by molar-refractivity contribution is -0.125. The van der Waals surface area contributed by atoms with Gasteiger partial charge in [0.2, 0.25) is 0 Å². The topological polar surface area (TPSA) is 46.5 Å². The zero-order valence-corrected chi connectivity index (χ0v) is 9.70. The molecule has 1 aromatic rings. The number of rotatable bonds is 2. The second-order valence-corrected chi connectivity index (χ2v) is 4.41. The number of ketones is 1. The van der Waals surface area contributed by atoms with Gasteiger partial charge in [-0.05, 0) is 31.0 Å². The first-order chi connectivity index (χ1) is 8.05. The molecule has 1 aliphatic rings. The van der Waals surface area contributed by atoms with Crippen LogP contribution in [-0.2, 0) is 10.4 Å². The standard InChI is InChI=1S/C13H15FO3/c1-17-12-3-2-9(14)8-11(12)13(16)6-4-10(15)5-7-13/h2-3,8,16H,4-7H2,1H3. The SMILES string of the molecule is COc1ccc(F)cc1C1(O)CCC(=O)CC1. The van der Waals surface area contributed by atoms with Gasteiger partial charge >= 0.3 is 0 Å². The average molecular weight is 238 g/mol. The summed E-state index contributed by atoms with van der Waals surface area (Å²) in [5.41, 5.74) is -0.714. The molecule has 0 radical (unpaired) electrons. The Balaban J connectivity index is 2.38. The van der Waals surface area contributed by atoms with Crippen LogP contribution in [0.3, 0.4) is 0 Å². The van der Waals surface area contributed by atoms with Crippen LogP contribution in [0, 0.1) is 5.82 Å². The predicted molar refractivity (Wildman–Crippen MR) is 60.3 cm³/mol. The van der Waals surface area contributed by atoms with Crippen LogP contribution >= 0.6 is 0 Å². The average Bonchev–Trinajstić information content (AvgIpc) is 2.33. The highest BCUT2D eigenvalue weighted by Gasteiger charge is 2.36. The van der Waals surface area contributed by atoms with Crippen LogP contribution in [-0.4, -0.2) is 18.0 Å². The second kappa shape index (κ2) is 4.45. The molecule has 92 valence electrons. The lowest BCUT2D eigenvalue weighted by atomic mass is 9.79. The quantitative estimate of drug-likeness (QED) is 0.858. The summed E-state index contributed by atoms with van der Waals surface area (Å²) in [6.07, 6.45) is 1.31. The van der Waals surface area contributed by atoms with Gasteiger partial charge in [0.25, 0.3) is 0 Å². The van der Waals surface area contributed by atoms with Crippen LogP contribution in [0.15, 0.2) is 18.2 Å². The summed E-state index contributed by atoms with van der Waals surface area (Å²) in [6, 6.07) is 4.08. The van der Waals surface area contributed by atoms with Gasteiger partial charge in [0.05, 0.1) is 12.7 Å². The fraction of sp³-hybridized carbons (Fsp3) is 0.462. The number of hydrogen-bond acceptors (Lipinski definition) is 3. The molecular weight excluding hydrogens is 223 g/mol. The molecule has 3 nitrogen and oxygen atoms in total. The van der Waals surface area contributed by atoms with Gasteiger partial charge in [0.1, 0.15) is 17.3 Å². The Hall–Kier alpha value is -1.42. The Labute approximate surface area is 99.2 Å². The highest BCUT2D eigenvalue weighted by molar-refractivity contribution is 5.79. The number of hydrogen-bond donors (Lipinski definition) is 1. The van der Waals surface area contributed by atoms with Crippen molar-refractivity contribution < 1.29 is 19.0 Å². The summed E-state index contributed by atoms with van der Waals surface area (Å²) in [7, 11) is 1.48. The molecule has 0 unspecified atom stereocenters.